The van der Waals surface area contributed by atoms with E-state index in [0.29, 0.717) is 43.6 Å². The molecule has 3 saturated heterocycles. The molecule has 2 N–H and O–H groups in total. The molecular weight excluding hydrogens is 625 g/mol. The van der Waals surface area contributed by atoms with Crippen LogP contribution in [0.25, 0.3) is 16.9 Å². The van der Waals surface area contributed by atoms with Crippen LogP contribution in [0.4, 0.5) is 33.5 Å². The van der Waals surface area contributed by atoms with Gasteiger partial charge in [0, 0.05) is 55.9 Å². The summed E-state index contributed by atoms with van der Waals surface area (Å²) in [6, 6.07) is 4.58. The number of nitrogens with one attached hydrogen (secondary N) is 2. The summed E-state index contributed by atoms with van der Waals surface area (Å²) in [6.45, 7) is -0.0872. The number of likely N-dealkylation sites (tertiary alicyclic amines) is 2. The van der Waals surface area contributed by atoms with E-state index in [2.05, 4.69) is 25.7 Å². The molecule has 17 heteroatoms. The van der Waals surface area contributed by atoms with Crippen LogP contribution in [-0.2, 0) is 11.0 Å². The van der Waals surface area contributed by atoms with Gasteiger partial charge in [-0.25, -0.2) is 14.6 Å². The molecule has 0 unspecified atom stereocenters. The fourth-order valence-electron chi connectivity index (χ4n) is 6.31. The van der Waals surface area contributed by atoms with E-state index in [-0.39, 0.29) is 50.1 Å². The van der Waals surface area contributed by atoms with Gasteiger partial charge in [-0.15, -0.1) is 0 Å². The highest BCUT2D eigenvalue weighted by Crippen LogP contribution is 2.42. The molecular formula is C28H25ClF5N9O2. The van der Waals surface area contributed by atoms with E-state index in [1.165, 1.54) is 22.9 Å². The number of halogens is 6. The number of amides is 2. The van der Waals surface area contributed by atoms with Crippen molar-refractivity contribution in [2.75, 3.05) is 38.0 Å². The van der Waals surface area contributed by atoms with Gasteiger partial charge in [-0.1, -0.05) is 11.6 Å². The second kappa shape index (κ2) is 10.7. The summed E-state index contributed by atoms with van der Waals surface area (Å²) in [4.78, 5) is 37.7. The highest BCUT2D eigenvalue weighted by molar-refractivity contribution is 6.34. The van der Waals surface area contributed by atoms with Gasteiger partial charge in [0.15, 0.2) is 17.2 Å². The Kier molecular flexibility index (Phi) is 6.96. The fourth-order valence-corrected chi connectivity index (χ4v) is 6.57. The topological polar surface area (TPSA) is 113 Å². The Morgan fingerprint density at radius 3 is 2.53 bits per heavy atom. The van der Waals surface area contributed by atoms with Crippen molar-refractivity contribution < 1.29 is 31.5 Å². The van der Waals surface area contributed by atoms with Gasteiger partial charge in [0.05, 0.1) is 34.1 Å². The number of benzene rings is 1. The van der Waals surface area contributed by atoms with Crippen molar-refractivity contribution in [3.05, 3.63) is 59.3 Å². The van der Waals surface area contributed by atoms with Crippen LogP contribution in [0.2, 0.25) is 5.02 Å². The number of anilines is 2. The summed E-state index contributed by atoms with van der Waals surface area (Å²) in [6.07, 6.45) is 1.25. The predicted molar refractivity (Wildman–Crippen MR) is 151 cm³/mol. The van der Waals surface area contributed by atoms with Crippen LogP contribution in [0.15, 0.2) is 43.0 Å². The second-order valence-corrected chi connectivity index (χ2v) is 12.0. The van der Waals surface area contributed by atoms with Gasteiger partial charge in [0.1, 0.15) is 0 Å². The number of imidazole rings is 1. The molecule has 1 spiro atoms. The Hall–Kier alpha value is -4.31. The van der Waals surface area contributed by atoms with Crippen molar-refractivity contribution >= 4 is 40.6 Å². The lowest BCUT2D eigenvalue weighted by Gasteiger charge is -2.60. The SMILES string of the molecule is O=C(c1ccc(Nc2nccn3c(-c4cn(C(F)F)nc4C(F)(F)F)cnc23)cc1Cl)N1CC2(C1)CN(C(=O)[C@@H]1CCCN1)C2. The molecule has 3 aromatic heterocycles. The Morgan fingerprint density at radius 2 is 1.87 bits per heavy atom. The molecule has 0 radical (unpaired) electrons. The number of aromatic nitrogens is 5. The predicted octanol–water partition coefficient (Wildman–Crippen LogP) is 4.44. The largest absolute Gasteiger partial charge is 0.435 e. The molecule has 0 aliphatic carbocycles. The van der Waals surface area contributed by atoms with Crippen molar-refractivity contribution in [3.8, 4) is 11.3 Å². The Balaban J connectivity index is 1.04. The van der Waals surface area contributed by atoms with Crippen molar-refractivity contribution in [2.45, 2.75) is 31.6 Å². The maximum atomic E-state index is 13.6. The highest BCUT2D eigenvalue weighted by atomic mass is 35.5. The first-order valence-electron chi connectivity index (χ1n) is 14.1. The zero-order valence-corrected chi connectivity index (χ0v) is 24.1. The zero-order chi connectivity index (χ0) is 31.7. The van der Waals surface area contributed by atoms with E-state index in [9.17, 15) is 31.5 Å². The minimum atomic E-state index is -4.98. The molecule has 236 valence electrons. The van der Waals surface area contributed by atoms with Gasteiger partial charge >= 0.3 is 12.7 Å². The van der Waals surface area contributed by atoms with E-state index in [1.54, 1.807) is 17.0 Å². The second-order valence-electron chi connectivity index (χ2n) is 11.6. The molecule has 3 aliphatic rings. The monoisotopic (exact) mass is 649 g/mol. The van der Waals surface area contributed by atoms with Crippen molar-refractivity contribution in [1.29, 1.82) is 0 Å². The lowest BCUT2D eigenvalue weighted by Crippen LogP contribution is -2.74. The summed E-state index contributed by atoms with van der Waals surface area (Å²) in [5, 5.41) is 9.44. The summed E-state index contributed by atoms with van der Waals surface area (Å²) >= 11 is 6.50. The minimum absolute atomic E-state index is 0.0561. The van der Waals surface area contributed by atoms with Crippen molar-refractivity contribution in [3.63, 3.8) is 0 Å². The summed E-state index contributed by atoms with van der Waals surface area (Å²) in [5.74, 6) is 0.0392. The molecule has 6 heterocycles. The summed E-state index contributed by atoms with van der Waals surface area (Å²) in [5.41, 5.74) is -1.40. The van der Waals surface area contributed by atoms with Crippen LogP contribution in [0, 0.1) is 5.41 Å². The van der Waals surface area contributed by atoms with Crippen LogP contribution >= 0.6 is 11.6 Å². The minimum Gasteiger partial charge on any atom is -0.340 e. The quantitative estimate of drug-likeness (QED) is 0.297. The molecule has 2 amide bonds. The van der Waals surface area contributed by atoms with E-state index in [1.807, 2.05) is 4.90 Å². The van der Waals surface area contributed by atoms with E-state index >= 15 is 0 Å². The number of carbonyl (C=O) groups excluding carboxylic acids is 2. The summed E-state index contributed by atoms with van der Waals surface area (Å²) < 4.78 is 68.4. The normalized spacial score (nSPS) is 19.3. The first kappa shape index (κ1) is 29.4. The molecule has 1 atom stereocenters. The fraction of sp³-hybridized carbons (Fsp3) is 0.393. The standard InChI is InChI=1S/C28H25ClF5N9O2/c29-18-8-15(3-4-16(18)24(44)40-11-27(12-40)13-41(14-27)25(45)19-2-1-5-35-19)38-22-23-37-9-20(42(23)7-6-36-22)17-10-43(26(30)31)39-21(17)28(32,33)34/h3-4,6-10,19,26,35H,1-2,5,11-14H2,(H,36,38)/t19-/m0/s1. The number of hydrogen-bond donors (Lipinski definition) is 2. The van der Waals surface area contributed by atoms with Crippen LogP contribution < -0.4 is 10.6 Å². The van der Waals surface area contributed by atoms with Gasteiger partial charge < -0.3 is 20.4 Å². The smallest absolute Gasteiger partial charge is 0.340 e. The maximum Gasteiger partial charge on any atom is 0.435 e. The molecule has 3 aliphatic heterocycles. The van der Waals surface area contributed by atoms with Gasteiger partial charge in [-0.2, -0.15) is 27.1 Å². The van der Waals surface area contributed by atoms with Crippen LogP contribution in [0.5, 0.6) is 0 Å². The van der Waals surface area contributed by atoms with E-state index in [0.717, 1.165) is 25.6 Å². The first-order chi connectivity index (χ1) is 21.4. The molecule has 11 nitrogen and oxygen atoms in total. The first-order valence-corrected chi connectivity index (χ1v) is 14.5. The zero-order valence-electron chi connectivity index (χ0n) is 23.4. The third kappa shape index (κ3) is 5.14. The molecule has 0 saturated carbocycles. The van der Waals surface area contributed by atoms with Crippen LogP contribution in [0.3, 0.4) is 0 Å². The van der Waals surface area contributed by atoms with Crippen molar-refractivity contribution in [1.82, 2.24) is 39.3 Å². The average molecular weight is 650 g/mol. The van der Waals surface area contributed by atoms with Crippen LogP contribution in [0.1, 0.15) is 35.4 Å². The lowest BCUT2D eigenvalue weighted by molar-refractivity contribution is -0.156. The van der Waals surface area contributed by atoms with Gasteiger partial charge in [0.2, 0.25) is 5.91 Å². The van der Waals surface area contributed by atoms with E-state index in [4.69, 9.17) is 11.6 Å². The highest BCUT2D eigenvalue weighted by Gasteiger charge is 2.55. The Bertz CT molecular complexity index is 1800. The number of rotatable bonds is 6. The number of hydrogen-bond acceptors (Lipinski definition) is 7. The molecule has 7 rings (SSSR count). The van der Waals surface area contributed by atoms with Gasteiger partial charge in [0.25, 0.3) is 5.91 Å². The number of alkyl halides is 5. The van der Waals surface area contributed by atoms with E-state index < -0.39 is 24.0 Å². The molecule has 4 aromatic rings. The molecule has 45 heavy (non-hydrogen) atoms. The lowest BCUT2D eigenvalue weighted by atomic mass is 9.72. The van der Waals surface area contributed by atoms with Crippen LogP contribution in [-0.4, -0.2) is 84.5 Å². The number of nitrogens with zero attached hydrogens (tertiary/aromatic N) is 7. The maximum absolute atomic E-state index is 13.6. The Labute approximate surface area is 257 Å². The molecule has 3 fully saturated rings. The van der Waals surface area contributed by atoms with Gasteiger partial charge in [-0.05, 0) is 37.6 Å². The molecule has 1 aromatic carbocycles. The Morgan fingerprint density at radius 1 is 1.11 bits per heavy atom. The molecule has 0 bridgehead atoms. The van der Waals surface area contributed by atoms with Gasteiger partial charge in [-0.3, -0.25) is 14.0 Å². The third-order valence-corrected chi connectivity index (χ3v) is 8.74. The van der Waals surface area contributed by atoms with Crippen molar-refractivity contribution in [2.24, 2.45) is 5.41 Å². The summed E-state index contributed by atoms with van der Waals surface area (Å²) in [7, 11) is 0. The third-order valence-electron chi connectivity index (χ3n) is 8.43. The average Bonchev–Trinajstić information content (AvgIpc) is 3.71. The number of fused-ring (bicyclic) bond motifs is 1. The number of carbonyl (C=O) groups is 2.